The maximum absolute atomic E-state index is 6.22. The molecule has 0 spiro atoms. The van der Waals surface area contributed by atoms with Crippen molar-refractivity contribution < 1.29 is 4.42 Å². The van der Waals surface area contributed by atoms with E-state index < -0.39 is 0 Å². The van der Waals surface area contributed by atoms with Gasteiger partial charge in [-0.05, 0) is 39.4 Å². The Morgan fingerprint density at radius 3 is 2.56 bits per heavy atom. The van der Waals surface area contributed by atoms with Gasteiger partial charge in [0.2, 0.25) is 0 Å². The van der Waals surface area contributed by atoms with Gasteiger partial charge in [-0.25, -0.2) is 0 Å². The number of nitrogens with one attached hydrogen (secondary N) is 1. The second kappa shape index (κ2) is 4.11. The molecule has 2 rings (SSSR count). The van der Waals surface area contributed by atoms with Crippen LogP contribution in [0.4, 0.5) is 0 Å². The van der Waals surface area contributed by atoms with Crippen molar-refractivity contribution in [3.63, 3.8) is 0 Å². The first kappa shape index (κ1) is 11.5. The number of halogens is 1. The van der Waals surface area contributed by atoms with E-state index in [1.807, 2.05) is 26.1 Å². The Hall–Kier alpha value is -0.990. The normalized spacial score (nSPS) is 13.3. The van der Waals surface area contributed by atoms with Crippen LogP contribution in [0.2, 0.25) is 5.02 Å². The van der Waals surface area contributed by atoms with E-state index in [1.54, 1.807) is 0 Å². The fourth-order valence-corrected chi connectivity index (χ4v) is 2.29. The number of hydrogen-bond acceptors (Lipinski definition) is 2. The van der Waals surface area contributed by atoms with Gasteiger partial charge in [-0.2, -0.15) is 0 Å². The Labute approximate surface area is 101 Å². The first-order valence-corrected chi connectivity index (χ1v) is 5.79. The van der Waals surface area contributed by atoms with Gasteiger partial charge in [0.1, 0.15) is 11.3 Å². The second-order valence-corrected chi connectivity index (χ2v) is 4.58. The van der Waals surface area contributed by atoms with E-state index in [-0.39, 0.29) is 6.04 Å². The fourth-order valence-electron chi connectivity index (χ4n) is 2.00. The van der Waals surface area contributed by atoms with Crippen molar-refractivity contribution in [2.24, 2.45) is 0 Å². The number of hydrogen-bond donors (Lipinski definition) is 1. The molecule has 0 radical (unpaired) electrons. The first-order chi connectivity index (χ1) is 7.56. The number of aryl methyl sites for hydroxylation is 2. The van der Waals surface area contributed by atoms with Gasteiger partial charge < -0.3 is 9.73 Å². The van der Waals surface area contributed by atoms with E-state index in [1.165, 1.54) is 0 Å². The molecule has 16 heavy (non-hydrogen) atoms. The van der Waals surface area contributed by atoms with Gasteiger partial charge >= 0.3 is 0 Å². The molecule has 0 fully saturated rings. The highest BCUT2D eigenvalue weighted by atomic mass is 35.5. The van der Waals surface area contributed by atoms with Crippen LogP contribution >= 0.6 is 11.6 Å². The molecule has 2 aromatic rings. The summed E-state index contributed by atoms with van der Waals surface area (Å²) in [4.78, 5) is 0. The molecule has 3 heteroatoms. The van der Waals surface area contributed by atoms with Crippen molar-refractivity contribution in [3.8, 4) is 0 Å². The lowest BCUT2D eigenvalue weighted by molar-refractivity contribution is 0.470. The molecule has 1 aromatic carbocycles. The minimum atomic E-state index is 0.197. The Kier molecular flexibility index (Phi) is 2.96. The van der Waals surface area contributed by atoms with Gasteiger partial charge in [0, 0.05) is 10.9 Å². The zero-order valence-electron chi connectivity index (χ0n) is 10.0. The van der Waals surface area contributed by atoms with Gasteiger partial charge in [-0.1, -0.05) is 17.7 Å². The topological polar surface area (TPSA) is 25.2 Å². The third kappa shape index (κ3) is 1.62. The predicted molar refractivity (Wildman–Crippen MR) is 68.2 cm³/mol. The van der Waals surface area contributed by atoms with Crippen LogP contribution in [-0.2, 0) is 0 Å². The molecular weight excluding hydrogens is 222 g/mol. The summed E-state index contributed by atoms with van der Waals surface area (Å²) < 4.78 is 5.92. The quantitative estimate of drug-likeness (QED) is 0.855. The molecule has 1 atom stereocenters. The van der Waals surface area contributed by atoms with Crippen molar-refractivity contribution in [3.05, 3.63) is 34.0 Å². The monoisotopic (exact) mass is 237 g/mol. The lowest BCUT2D eigenvalue weighted by atomic mass is 10.1. The Morgan fingerprint density at radius 1 is 1.31 bits per heavy atom. The van der Waals surface area contributed by atoms with Crippen LogP contribution in [0, 0.1) is 13.8 Å². The molecule has 0 aliphatic carbocycles. The molecule has 1 unspecified atom stereocenters. The summed E-state index contributed by atoms with van der Waals surface area (Å²) in [5.41, 5.74) is 3.16. The Balaban J connectivity index is 2.77. The van der Waals surface area contributed by atoms with Crippen LogP contribution in [-0.4, -0.2) is 7.05 Å². The van der Waals surface area contributed by atoms with Crippen molar-refractivity contribution in [2.45, 2.75) is 26.8 Å². The molecule has 0 amide bonds. The van der Waals surface area contributed by atoms with Crippen LogP contribution < -0.4 is 5.32 Å². The molecule has 0 saturated carbocycles. The maximum Gasteiger partial charge on any atom is 0.139 e. The summed E-state index contributed by atoms with van der Waals surface area (Å²) in [6, 6.07) is 4.11. The summed E-state index contributed by atoms with van der Waals surface area (Å²) in [6.45, 7) is 6.17. The van der Waals surface area contributed by atoms with E-state index >= 15 is 0 Å². The second-order valence-electron chi connectivity index (χ2n) is 4.17. The molecular formula is C13H16ClNO. The Morgan fingerprint density at radius 2 is 2.00 bits per heavy atom. The van der Waals surface area contributed by atoms with E-state index in [2.05, 4.69) is 19.2 Å². The van der Waals surface area contributed by atoms with E-state index in [9.17, 15) is 0 Å². The molecule has 1 N–H and O–H groups in total. The molecule has 2 nitrogen and oxygen atoms in total. The predicted octanol–water partition coefficient (Wildman–Crippen LogP) is 3.98. The van der Waals surface area contributed by atoms with Gasteiger partial charge in [-0.3, -0.25) is 0 Å². The largest absolute Gasteiger partial charge is 0.459 e. The smallest absolute Gasteiger partial charge is 0.139 e. The van der Waals surface area contributed by atoms with E-state index in [0.29, 0.717) is 0 Å². The van der Waals surface area contributed by atoms with E-state index in [0.717, 1.165) is 32.9 Å². The number of rotatable bonds is 2. The van der Waals surface area contributed by atoms with Gasteiger partial charge in [-0.15, -0.1) is 0 Å². The molecule has 0 saturated heterocycles. The van der Waals surface area contributed by atoms with Gasteiger partial charge in [0.25, 0.3) is 0 Å². The molecule has 0 aliphatic rings. The third-order valence-corrected chi connectivity index (χ3v) is 3.40. The lowest BCUT2D eigenvalue weighted by Crippen LogP contribution is -2.12. The summed E-state index contributed by atoms with van der Waals surface area (Å²) in [5, 5.41) is 4.99. The minimum Gasteiger partial charge on any atom is -0.459 e. The van der Waals surface area contributed by atoms with Crippen LogP contribution in [0.15, 0.2) is 16.5 Å². The summed E-state index contributed by atoms with van der Waals surface area (Å²) in [7, 11) is 1.92. The highest BCUT2D eigenvalue weighted by Gasteiger charge is 2.18. The number of fused-ring (bicyclic) bond motifs is 1. The first-order valence-electron chi connectivity index (χ1n) is 5.41. The zero-order valence-corrected chi connectivity index (χ0v) is 10.8. The third-order valence-electron chi connectivity index (χ3n) is 3.09. The van der Waals surface area contributed by atoms with Crippen molar-refractivity contribution in [1.29, 1.82) is 0 Å². The van der Waals surface area contributed by atoms with Crippen LogP contribution in [0.1, 0.15) is 29.9 Å². The summed E-state index contributed by atoms with van der Waals surface area (Å²) in [5.74, 6) is 0.966. The average molecular weight is 238 g/mol. The maximum atomic E-state index is 6.22. The summed E-state index contributed by atoms with van der Waals surface area (Å²) >= 11 is 6.22. The van der Waals surface area contributed by atoms with Crippen molar-refractivity contribution >= 4 is 22.6 Å². The highest BCUT2D eigenvalue weighted by molar-refractivity contribution is 6.35. The number of furan rings is 1. The summed E-state index contributed by atoms with van der Waals surface area (Å²) in [6.07, 6.45) is 0. The zero-order chi connectivity index (χ0) is 11.9. The average Bonchev–Trinajstić information content (AvgIpc) is 2.62. The van der Waals surface area contributed by atoms with E-state index in [4.69, 9.17) is 16.0 Å². The SMILES string of the molecule is CNC(C)c1oc2c(C)ccc(Cl)c2c1C. The standard InChI is InChI=1S/C13H16ClNO/c1-7-5-6-10(14)11-8(2)13(9(3)15-4)16-12(7)11/h5-6,9,15H,1-4H3. The Bertz CT molecular complexity index is 530. The molecule has 86 valence electrons. The molecule has 0 aliphatic heterocycles. The minimum absolute atomic E-state index is 0.197. The van der Waals surface area contributed by atoms with Crippen molar-refractivity contribution in [1.82, 2.24) is 5.32 Å². The number of benzene rings is 1. The molecule has 0 bridgehead atoms. The van der Waals surface area contributed by atoms with Crippen LogP contribution in [0.5, 0.6) is 0 Å². The van der Waals surface area contributed by atoms with Crippen molar-refractivity contribution in [2.75, 3.05) is 7.05 Å². The highest BCUT2D eigenvalue weighted by Crippen LogP contribution is 2.35. The van der Waals surface area contributed by atoms with Gasteiger partial charge in [0.15, 0.2) is 0 Å². The van der Waals surface area contributed by atoms with Crippen LogP contribution in [0.25, 0.3) is 11.0 Å². The fraction of sp³-hybridized carbons (Fsp3) is 0.385. The van der Waals surface area contributed by atoms with Crippen LogP contribution in [0.3, 0.4) is 0 Å². The lowest BCUT2D eigenvalue weighted by Gasteiger charge is -2.07. The molecule has 1 heterocycles. The molecule has 1 aromatic heterocycles. The van der Waals surface area contributed by atoms with Gasteiger partial charge in [0.05, 0.1) is 11.1 Å².